The van der Waals surface area contributed by atoms with Gasteiger partial charge in [0.05, 0.1) is 6.42 Å². The number of benzene rings is 1. The Bertz CT molecular complexity index is 1080. The first-order valence-electron chi connectivity index (χ1n) is 14.2. The van der Waals surface area contributed by atoms with Gasteiger partial charge >= 0.3 is 5.97 Å². The van der Waals surface area contributed by atoms with Crippen molar-refractivity contribution in [3.63, 3.8) is 0 Å². The van der Waals surface area contributed by atoms with E-state index < -0.39 is 0 Å². The molecule has 0 aliphatic heterocycles. The van der Waals surface area contributed by atoms with Crippen LogP contribution in [0.1, 0.15) is 83.6 Å². The zero-order valence-electron chi connectivity index (χ0n) is 22.3. The Labute approximate surface area is 220 Å². The summed E-state index contributed by atoms with van der Waals surface area (Å²) in [6, 6.07) is 6.94. The van der Waals surface area contributed by atoms with Crippen LogP contribution in [0.2, 0.25) is 0 Å². The van der Waals surface area contributed by atoms with Crippen LogP contribution in [0.15, 0.2) is 35.9 Å². The van der Waals surface area contributed by atoms with Crippen molar-refractivity contribution in [2.75, 3.05) is 6.54 Å². The molecule has 6 heteroatoms. The number of phenols is 1. The highest BCUT2D eigenvalue weighted by atomic mass is 16.5. The smallest absolute Gasteiger partial charge is 0.306 e. The van der Waals surface area contributed by atoms with Crippen LogP contribution in [0.25, 0.3) is 0 Å². The third-order valence-corrected chi connectivity index (χ3v) is 10.4. The predicted molar refractivity (Wildman–Crippen MR) is 141 cm³/mol. The molecule has 0 spiro atoms. The number of hydrogen-bond acceptors (Lipinski definition) is 5. The summed E-state index contributed by atoms with van der Waals surface area (Å²) in [6.45, 7) is 5.22. The van der Waals surface area contributed by atoms with Gasteiger partial charge in [-0.05, 0) is 98.3 Å². The number of aromatic hydroxyl groups is 1. The van der Waals surface area contributed by atoms with E-state index in [1.807, 2.05) is 18.2 Å². The summed E-state index contributed by atoms with van der Waals surface area (Å²) < 4.78 is 6.05. The minimum atomic E-state index is -0.269. The number of hydrogen-bond donors (Lipinski definition) is 2. The predicted octanol–water partition coefficient (Wildman–Crippen LogP) is 5.27. The molecule has 0 radical (unpaired) electrons. The zero-order chi connectivity index (χ0) is 26.2. The molecule has 4 aliphatic rings. The summed E-state index contributed by atoms with van der Waals surface area (Å²) in [7, 11) is 0. The maximum absolute atomic E-state index is 12.7. The molecule has 1 aromatic rings. The fourth-order valence-electron chi connectivity index (χ4n) is 8.24. The van der Waals surface area contributed by atoms with Gasteiger partial charge in [-0.1, -0.05) is 31.6 Å². The van der Waals surface area contributed by atoms with Crippen molar-refractivity contribution >= 4 is 17.7 Å². The van der Waals surface area contributed by atoms with Gasteiger partial charge in [0.15, 0.2) is 5.78 Å². The van der Waals surface area contributed by atoms with Crippen molar-refractivity contribution in [2.45, 2.75) is 90.6 Å². The van der Waals surface area contributed by atoms with E-state index in [2.05, 4.69) is 19.2 Å². The van der Waals surface area contributed by atoms with Crippen LogP contribution < -0.4 is 5.32 Å². The summed E-state index contributed by atoms with van der Waals surface area (Å²) in [5.41, 5.74) is 2.58. The Balaban J connectivity index is 1.11. The molecule has 3 saturated carbocycles. The Morgan fingerprint density at radius 1 is 1.00 bits per heavy atom. The largest absolute Gasteiger partial charge is 0.508 e. The normalized spacial score (nSPS) is 34.5. The molecule has 3 fully saturated rings. The van der Waals surface area contributed by atoms with E-state index >= 15 is 0 Å². The molecule has 1 aromatic carbocycles. The van der Waals surface area contributed by atoms with Gasteiger partial charge in [-0.3, -0.25) is 14.4 Å². The van der Waals surface area contributed by atoms with Crippen LogP contribution in [0, 0.1) is 28.6 Å². The van der Waals surface area contributed by atoms with E-state index in [-0.39, 0.29) is 47.4 Å². The number of amides is 1. The lowest BCUT2D eigenvalue weighted by molar-refractivity contribution is -0.160. The molecule has 4 aliphatic carbocycles. The van der Waals surface area contributed by atoms with Crippen molar-refractivity contribution in [2.24, 2.45) is 28.6 Å². The molecular formula is C31H41NO5. The molecular weight excluding hydrogens is 466 g/mol. The van der Waals surface area contributed by atoms with Crippen molar-refractivity contribution in [3.05, 3.63) is 41.5 Å². The number of nitrogens with one attached hydrogen (secondary N) is 1. The monoisotopic (exact) mass is 507 g/mol. The fourth-order valence-corrected chi connectivity index (χ4v) is 8.24. The molecule has 6 nitrogen and oxygen atoms in total. The molecule has 0 bridgehead atoms. The SMILES string of the molecule is C[C@@]12CC[C@@H]3[C@H](CCC4=CC(=O)CC[C@@]43C)[C@H]1CC[C@@H]2OC(=O)CCC(=O)NCCc1ccc(O)cc1. The first-order valence-corrected chi connectivity index (χ1v) is 14.2. The van der Waals surface area contributed by atoms with Crippen LogP contribution in [0.5, 0.6) is 5.75 Å². The lowest BCUT2D eigenvalue weighted by Crippen LogP contribution is -2.51. The van der Waals surface area contributed by atoms with Gasteiger partial charge in [0, 0.05) is 24.8 Å². The summed E-state index contributed by atoms with van der Waals surface area (Å²) in [6.07, 6.45) is 10.8. The summed E-state index contributed by atoms with van der Waals surface area (Å²) in [5.74, 6) is 1.93. The quantitative estimate of drug-likeness (QED) is 0.490. The van der Waals surface area contributed by atoms with Gasteiger partial charge in [-0.25, -0.2) is 0 Å². The summed E-state index contributed by atoms with van der Waals surface area (Å²) in [5, 5.41) is 12.2. The van der Waals surface area contributed by atoms with Gasteiger partial charge < -0.3 is 15.2 Å². The molecule has 0 saturated heterocycles. The first-order chi connectivity index (χ1) is 17.7. The van der Waals surface area contributed by atoms with E-state index in [0.29, 0.717) is 42.9 Å². The minimum Gasteiger partial charge on any atom is -0.508 e. The van der Waals surface area contributed by atoms with E-state index in [4.69, 9.17) is 4.74 Å². The summed E-state index contributed by atoms with van der Waals surface area (Å²) in [4.78, 5) is 37.1. The third-order valence-electron chi connectivity index (χ3n) is 10.4. The topological polar surface area (TPSA) is 92.7 Å². The van der Waals surface area contributed by atoms with E-state index in [9.17, 15) is 19.5 Å². The molecule has 0 heterocycles. The number of fused-ring (bicyclic) bond motifs is 5. The Morgan fingerprint density at radius 2 is 1.78 bits per heavy atom. The van der Waals surface area contributed by atoms with Gasteiger partial charge in [0.1, 0.15) is 11.9 Å². The van der Waals surface area contributed by atoms with E-state index in [0.717, 1.165) is 50.5 Å². The lowest BCUT2D eigenvalue weighted by atomic mass is 9.47. The average Bonchev–Trinajstić information content (AvgIpc) is 3.20. The highest BCUT2D eigenvalue weighted by Crippen LogP contribution is 2.65. The molecule has 5 rings (SSSR count). The maximum Gasteiger partial charge on any atom is 0.306 e. The van der Waals surface area contributed by atoms with E-state index in [1.54, 1.807) is 12.1 Å². The lowest BCUT2D eigenvalue weighted by Gasteiger charge is -2.57. The van der Waals surface area contributed by atoms with Gasteiger partial charge in [0.25, 0.3) is 0 Å². The van der Waals surface area contributed by atoms with Crippen LogP contribution in [0.4, 0.5) is 0 Å². The second-order valence-corrected chi connectivity index (χ2v) is 12.3. The number of ketones is 1. The van der Waals surface area contributed by atoms with E-state index in [1.165, 1.54) is 5.57 Å². The number of rotatable bonds is 7. The Hall–Kier alpha value is -2.63. The van der Waals surface area contributed by atoms with Crippen molar-refractivity contribution < 1.29 is 24.2 Å². The molecule has 0 aromatic heterocycles. The first kappa shape index (κ1) is 26.0. The molecule has 200 valence electrons. The fraction of sp³-hybridized carbons (Fsp3) is 0.645. The number of ether oxygens (including phenoxy) is 1. The zero-order valence-corrected chi connectivity index (χ0v) is 22.3. The van der Waals surface area contributed by atoms with Gasteiger partial charge in [-0.15, -0.1) is 0 Å². The number of carbonyl (C=O) groups excluding carboxylic acids is 3. The van der Waals surface area contributed by atoms with Crippen molar-refractivity contribution in [1.29, 1.82) is 0 Å². The highest BCUT2D eigenvalue weighted by Gasteiger charge is 2.59. The van der Waals surface area contributed by atoms with Gasteiger partial charge in [0.2, 0.25) is 5.91 Å². The van der Waals surface area contributed by atoms with Crippen LogP contribution in [-0.2, 0) is 25.5 Å². The number of carbonyl (C=O) groups is 3. The third kappa shape index (κ3) is 5.08. The number of phenolic OH excluding ortho intramolecular Hbond substituents is 1. The second kappa shape index (κ2) is 10.3. The van der Waals surface area contributed by atoms with Crippen LogP contribution in [-0.4, -0.2) is 35.4 Å². The molecule has 2 N–H and O–H groups in total. The Morgan fingerprint density at radius 3 is 2.57 bits per heavy atom. The van der Waals surface area contributed by atoms with Crippen LogP contribution >= 0.6 is 0 Å². The molecule has 1 amide bonds. The van der Waals surface area contributed by atoms with Crippen LogP contribution in [0.3, 0.4) is 0 Å². The Kier molecular flexibility index (Phi) is 7.21. The number of esters is 1. The molecule has 0 unspecified atom stereocenters. The number of allylic oxidation sites excluding steroid dienone is 1. The standard InChI is InChI=1S/C31H41NO5/c1-30-16-13-23(34)19-21(30)5-8-24-25-9-10-27(31(25,2)17-14-26(24)30)37-29(36)12-11-28(35)32-18-15-20-3-6-22(33)7-4-20/h3-4,6-7,19,24-27,33H,5,8-18H2,1-2H3,(H,32,35)/t24-,25-,26-,27+,30+,31-/m1/s1. The minimum absolute atomic E-state index is 0.00523. The van der Waals surface area contributed by atoms with Gasteiger partial charge in [-0.2, -0.15) is 0 Å². The maximum atomic E-state index is 12.7. The summed E-state index contributed by atoms with van der Waals surface area (Å²) >= 11 is 0. The molecule has 6 atom stereocenters. The van der Waals surface area contributed by atoms with Crippen molar-refractivity contribution in [1.82, 2.24) is 5.32 Å². The van der Waals surface area contributed by atoms with Crippen molar-refractivity contribution in [3.8, 4) is 5.75 Å². The average molecular weight is 508 g/mol. The molecule has 37 heavy (non-hydrogen) atoms. The highest BCUT2D eigenvalue weighted by molar-refractivity contribution is 5.91. The second-order valence-electron chi connectivity index (χ2n) is 12.3.